The van der Waals surface area contributed by atoms with Gasteiger partial charge in [0.2, 0.25) is 0 Å². The summed E-state index contributed by atoms with van der Waals surface area (Å²) in [6.07, 6.45) is 12.8. The van der Waals surface area contributed by atoms with E-state index in [9.17, 15) is 0 Å². The Kier molecular flexibility index (Phi) is 11.9. The van der Waals surface area contributed by atoms with E-state index in [0.717, 1.165) is 83.6 Å². The van der Waals surface area contributed by atoms with Gasteiger partial charge >= 0.3 is 0 Å². The lowest BCUT2D eigenvalue weighted by molar-refractivity contribution is 0.835. The normalized spacial score (nSPS) is 15.4. The summed E-state index contributed by atoms with van der Waals surface area (Å²) in [7, 11) is 0. The van der Waals surface area contributed by atoms with Crippen LogP contribution in [0.5, 0.6) is 0 Å². The molecule has 13 rings (SSSR count). The Balaban J connectivity index is 1.06. The van der Waals surface area contributed by atoms with Gasteiger partial charge in [-0.1, -0.05) is 218 Å². The van der Waals surface area contributed by atoms with Crippen LogP contribution in [-0.2, 0) is 0 Å². The number of hydrogen-bond acceptors (Lipinski definition) is 4. The minimum Gasteiger partial charge on any atom is -0.312 e. The summed E-state index contributed by atoms with van der Waals surface area (Å²) in [5.74, 6) is 2.07. The lowest BCUT2D eigenvalue weighted by Crippen LogP contribution is -2.16. The molecule has 2 aliphatic carbocycles. The number of para-hydroxylation sites is 1. The molecule has 0 aliphatic heterocycles. The Labute approximate surface area is 437 Å². The van der Waals surface area contributed by atoms with Crippen molar-refractivity contribution in [3.8, 4) is 56.2 Å². The van der Waals surface area contributed by atoms with Crippen molar-refractivity contribution < 1.29 is 0 Å². The SMILES string of the molecule is Sc1ccccc1-c1ccc2c(c1)c1ccccc1n2C1=C(c2ccccc2)C=C(c2nc(-c3ccc(-c4ccccc4)cc3)nc(-c3cc(-c4ccccc4)cc(C4C=CC=CC4)c3)n2)CC1c1ccccc1. The molecule has 4 nitrogen and oxygen atoms in total. The van der Waals surface area contributed by atoms with Crippen molar-refractivity contribution in [1.82, 2.24) is 19.5 Å². The van der Waals surface area contributed by atoms with Crippen LogP contribution in [0.25, 0.3) is 94.8 Å². The predicted octanol–water partition coefficient (Wildman–Crippen LogP) is 17.8. The first-order valence-corrected chi connectivity index (χ1v) is 25.9. The number of nitrogens with zero attached hydrogens (tertiary/aromatic N) is 4. The molecule has 0 N–H and O–H groups in total. The lowest BCUT2D eigenvalue weighted by atomic mass is 9.80. The maximum absolute atomic E-state index is 5.57. The maximum atomic E-state index is 5.57. The molecule has 0 radical (unpaired) electrons. The molecule has 74 heavy (non-hydrogen) atoms. The molecule has 2 heterocycles. The van der Waals surface area contributed by atoms with Crippen LogP contribution in [0.15, 0.2) is 266 Å². The first-order chi connectivity index (χ1) is 36.6. The largest absolute Gasteiger partial charge is 0.312 e. The molecule has 5 heteroatoms. The Bertz CT molecular complexity index is 4000. The van der Waals surface area contributed by atoms with Crippen molar-refractivity contribution in [1.29, 1.82) is 0 Å². The summed E-state index contributed by atoms with van der Waals surface area (Å²) in [6, 6.07) is 82.5. The molecule has 2 aliphatic rings. The lowest BCUT2D eigenvalue weighted by Gasteiger charge is -2.31. The molecule has 0 bridgehead atoms. The maximum Gasteiger partial charge on any atom is 0.164 e. The first kappa shape index (κ1) is 45.0. The van der Waals surface area contributed by atoms with Crippen LogP contribution < -0.4 is 0 Å². The van der Waals surface area contributed by atoms with Crippen LogP contribution in [0.4, 0.5) is 0 Å². The van der Waals surface area contributed by atoms with Crippen LogP contribution in [0, 0.1) is 0 Å². The highest BCUT2D eigenvalue weighted by Crippen LogP contribution is 2.49. The highest BCUT2D eigenvalue weighted by atomic mass is 32.1. The van der Waals surface area contributed by atoms with Gasteiger partial charge in [-0.05, 0) is 111 Å². The van der Waals surface area contributed by atoms with Gasteiger partial charge < -0.3 is 4.57 Å². The van der Waals surface area contributed by atoms with Gasteiger partial charge in [0.05, 0.1) is 11.0 Å². The summed E-state index contributed by atoms with van der Waals surface area (Å²) in [5, 5.41) is 2.39. The Morgan fingerprint density at radius 1 is 0.419 bits per heavy atom. The second-order valence-electron chi connectivity index (χ2n) is 19.2. The van der Waals surface area contributed by atoms with Crippen LogP contribution in [-0.4, -0.2) is 19.5 Å². The zero-order chi connectivity index (χ0) is 49.4. The van der Waals surface area contributed by atoms with Crippen molar-refractivity contribution in [3.63, 3.8) is 0 Å². The number of fused-ring (bicyclic) bond motifs is 3. The topological polar surface area (TPSA) is 43.6 Å². The van der Waals surface area contributed by atoms with E-state index in [4.69, 9.17) is 27.6 Å². The van der Waals surface area contributed by atoms with Gasteiger partial charge in [0.25, 0.3) is 0 Å². The molecule has 0 fully saturated rings. The monoisotopic (exact) mass is 966 g/mol. The number of hydrogen-bond donors (Lipinski definition) is 1. The van der Waals surface area contributed by atoms with E-state index in [1.807, 2.05) is 6.07 Å². The number of benzene rings is 9. The van der Waals surface area contributed by atoms with Gasteiger partial charge in [0.15, 0.2) is 17.5 Å². The van der Waals surface area contributed by atoms with E-state index >= 15 is 0 Å². The average molecular weight is 967 g/mol. The molecule has 0 saturated heterocycles. The highest BCUT2D eigenvalue weighted by molar-refractivity contribution is 7.80. The molecule has 0 amide bonds. The molecular formula is C69H50N4S. The fraction of sp³-hybridized carbons (Fsp3) is 0.0580. The molecule has 0 spiro atoms. The van der Waals surface area contributed by atoms with Gasteiger partial charge in [-0.15, -0.1) is 12.6 Å². The Morgan fingerprint density at radius 3 is 1.70 bits per heavy atom. The van der Waals surface area contributed by atoms with Crippen molar-refractivity contribution in [2.24, 2.45) is 0 Å². The van der Waals surface area contributed by atoms with E-state index < -0.39 is 0 Å². The van der Waals surface area contributed by atoms with Crippen molar-refractivity contribution in [2.75, 3.05) is 0 Å². The highest BCUT2D eigenvalue weighted by Gasteiger charge is 2.32. The second kappa shape index (κ2) is 19.6. The average Bonchev–Trinajstić information content (AvgIpc) is 3.84. The number of allylic oxidation sites excluding steroid dienone is 8. The van der Waals surface area contributed by atoms with Gasteiger partial charge in [0, 0.05) is 49.9 Å². The van der Waals surface area contributed by atoms with Crippen LogP contribution >= 0.6 is 12.6 Å². The van der Waals surface area contributed by atoms with E-state index in [2.05, 4.69) is 259 Å². The van der Waals surface area contributed by atoms with E-state index in [0.29, 0.717) is 23.9 Å². The third-order valence-corrected chi connectivity index (χ3v) is 15.1. The van der Waals surface area contributed by atoms with Gasteiger partial charge in [-0.3, -0.25) is 0 Å². The van der Waals surface area contributed by atoms with Gasteiger partial charge in [0.1, 0.15) is 0 Å². The quantitative estimate of drug-likeness (QED) is 0.139. The summed E-state index contributed by atoms with van der Waals surface area (Å²) >= 11 is 4.89. The van der Waals surface area contributed by atoms with E-state index in [-0.39, 0.29) is 11.8 Å². The first-order valence-electron chi connectivity index (χ1n) is 25.4. The summed E-state index contributed by atoms with van der Waals surface area (Å²) in [4.78, 5) is 17.4. The zero-order valence-corrected chi connectivity index (χ0v) is 41.5. The van der Waals surface area contributed by atoms with Crippen molar-refractivity contribution >= 4 is 51.3 Å². The second-order valence-corrected chi connectivity index (χ2v) is 19.7. The third-order valence-electron chi connectivity index (χ3n) is 14.7. The molecule has 2 unspecified atom stereocenters. The minimum absolute atomic E-state index is 0.0868. The fourth-order valence-electron chi connectivity index (χ4n) is 11.0. The number of thiol groups is 1. The standard InChI is InChI=1S/C69H50N4S/c74-65-33-19-17-30-58(65)53-38-39-64-62(43-53)59-31-16-18-32-63(59)73(64)66-60(50-26-12-4-13-27-50)44-57(45-61(66)51-28-14-5-15-29-51)69-71-67(52-36-34-49(35-37-52)46-20-6-1-7-21-46)70-68(72-69)56-41-54(47-22-8-2-9-23-47)40-55(42-56)48-24-10-3-11-25-48/h1-24,26-44,48,61,74H,25,45H2. The Hall–Kier alpha value is -8.90. The number of rotatable bonds is 10. The molecule has 2 atom stereocenters. The molecule has 11 aromatic rings. The third kappa shape index (κ3) is 8.61. The van der Waals surface area contributed by atoms with Crippen LogP contribution in [0.3, 0.4) is 0 Å². The van der Waals surface area contributed by atoms with Gasteiger partial charge in [-0.2, -0.15) is 0 Å². The summed E-state index contributed by atoms with van der Waals surface area (Å²) in [5.41, 5.74) is 17.9. The fourth-order valence-corrected chi connectivity index (χ4v) is 11.3. The van der Waals surface area contributed by atoms with Crippen molar-refractivity contribution in [2.45, 2.75) is 29.6 Å². The van der Waals surface area contributed by atoms with Crippen LogP contribution in [0.1, 0.15) is 47.2 Å². The molecule has 0 saturated carbocycles. The van der Waals surface area contributed by atoms with E-state index in [1.165, 1.54) is 27.6 Å². The summed E-state index contributed by atoms with van der Waals surface area (Å²) in [6.45, 7) is 0. The molecule has 9 aromatic carbocycles. The van der Waals surface area contributed by atoms with Gasteiger partial charge in [-0.25, -0.2) is 15.0 Å². The minimum atomic E-state index is -0.0868. The zero-order valence-electron chi connectivity index (χ0n) is 40.6. The predicted molar refractivity (Wildman–Crippen MR) is 311 cm³/mol. The smallest absolute Gasteiger partial charge is 0.164 e. The molecular weight excluding hydrogens is 917 g/mol. The molecule has 352 valence electrons. The summed E-state index contributed by atoms with van der Waals surface area (Å²) < 4.78 is 2.53. The van der Waals surface area contributed by atoms with Crippen molar-refractivity contribution in [3.05, 3.63) is 283 Å². The number of aromatic nitrogens is 4. The molecule has 2 aromatic heterocycles. The Morgan fingerprint density at radius 2 is 0.986 bits per heavy atom. The van der Waals surface area contributed by atoms with Crippen LogP contribution in [0.2, 0.25) is 0 Å². The van der Waals surface area contributed by atoms with E-state index in [1.54, 1.807) is 0 Å².